The van der Waals surface area contributed by atoms with Crippen LogP contribution in [0.1, 0.15) is 36.3 Å². The average Bonchev–Trinajstić information content (AvgIpc) is 2.99. The first-order chi connectivity index (χ1) is 10.5. The summed E-state index contributed by atoms with van der Waals surface area (Å²) < 4.78 is 0. The van der Waals surface area contributed by atoms with Crippen molar-refractivity contribution in [2.24, 2.45) is 11.8 Å². The molecule has 1 amide bonds. The SMILES string of the molecule is Cc1nc(-c2cccs2)ccc1C(=O)N1C[C@H](C)C[C@H](C)C1. The molecular formula is C18H22N2OS. The number of likely N-dealkylation sites (tertiary alicyclic amines) is 1. The topological polar surface area (TPSA) is 33.2 Å². The van der Waals surface area contributed by atoms with Gasteiger partial charge in [0.25, 0.3) is 5.91 Å². The van der Waals surface area contributed by atoms with E-state index in [1.165, 1.54) is 6.42 Å². The van der Waals surface area contributed by atoms with Gasteiger partial charge in [-0.15, -0.1) is 11.3 Å². The molecule has 2 atom stereocenters. The number of aromatic nitrogens is 1. The highest BCUT2D eigenvalue weighted by atomic mass is 32.1. The number of carbonyl (C=O) groups is 1. The van der Waals surface area contributed by atoms with Gasteiger partial charge in [-0.25, -0.2) is 0 Å². The van der Waals surface area contributed by atoms with E-state index in [1.54, 1.807) is 11.3 Å². The second-order valence-electron chi connectivity index (χ2n) is 6.46. The molecule has 3 rings (SSSR count). The average molecular weight is 314 g/mol. The molecule has 3 heterocycles. The number of thiophene rings is 1. The molecule has 1 fully saturated rings. The second kappa shape index (κ2) is 6.21. The molecule has 0 aliphatic carbocycles. The molecule has 0 spiro atoms. The minimum Gasteiger partial charge on any atom is -0.338 e. The molecule has 0 N–H and O–H groups in total. The van der Waals surface area contributed by atoms with E-state index in [4.69, 9.17) is 0 Å². The van der Waals surface area contributed by atoms with Crippen LogP contribution in [-0.2, 0) is 0 Å². The summed E-state index contributed by atoms with van der Waals surface area (Å²) in [7, 11) is 0. The van der Waals surface area contributed by atoms with Crippen LogP contribution in [0.5, 0.6) is 0 Å². The van der Waals surface area contributed by atoms with Crippen LogP contribution in [0, 0.1) is 18.8 Å². The molecular weight excluding hydrogens is 292 g/mol. The predicted octanol–water partition coefficient (Wildman–Crippen LogP) is 4.24. The van der Waals surface area contributed by atoms with Crippen molar-refractivity contribution in [3.8, 4) is 10.6 Å². The number of rotatable bonds is 2. The number of hydrogen-bond donors (Lipinski definition) is 0. The molecule has 1 aliphatic heterocycles. The monoisotopic (exact) mass is 314 g/mol. The van der Waals surface area contributed by atoms with Gasteiger partial charge in [-0.3, -0.25) is 9.78 Å². The highest BCUT2D eigenvalue weighted by Gasteiger charge is 2.27. The first-order valence-electron chi connectivity index (χ1n) is 7.85. The fourth-order valence-corrected chi connectivity index (χ4v) is 4.04. The maximum atomic E-state index is 12.8. The van der Waals surface area contributed by atoms with Crippen molar-refractivity contribution in [1.29, 1.82) is 0 Å². The largest absolute Gasteiger partial charge is 0.338 e. The summed E-state index contributed by atoms with van der Waals surface area (Å²) in [6, 6.07) is 7.97. The maximum absolute atomic E-state index is 12.8. The van der Waals surface area contributed by atoms with Gasteiger partial charge < -0.3 is 4.90 Å². The first-order valence-corrected chi connectivity index (χ1v) is 8.73. The molecule has 0 bridgehead atoms. The second-order valence-corrected chi connectivity index (χ2v) is 7.41. The lowest BCUT2D eigenvalue weighted by atomic mass is 9.91. The van der Waals surface area contributed by atoms with E-state index < -0.39 is 0 Å². The van der Waals surface area contributed by atoms with E-state index >= 15 is 0 Å². The molecule has 0 unspecified atom stereocenters. The number of hydrogen-bond acceptors (Lipinski definition) is 3. The third kappa shape index (κ3) is 3.07. The lowest BCUT2D eigenvalue weighted by Crippen LogP contribution is -2.42. The summed E-state index contributed by atoms with van der Waals surface area (Å²) in [4.78, 5) is 20.6. The van der Waals surface area contributed by atoms with Crippen LogP contribution in [0.2, 0.25) is 0 Å². The van der Waals surface area contributed by atoms with Crippen molar-refractivity contribution >= 4 is 17.2 Å². The Kier molecular flexibility index (Phi) is 4.30. The molecule has 1 aliphatic rings. The Morgan fingerprint density at radius 3 is 2.55 bits per heavy atom. The number of carbonyl (C=O) groups excluding carboxylic acids is 1. The molecule has 22 heavy (non-hydrogen) atoms. The molecule has 2 aromatic rings. The van der Waals surface area contributed by atoms with Crippen LogP contribution in [0.3, 0.4) is 0 Å². The first kappa shape index (κ1) is 15.2. The van der Waals surface area contributed by atoms with Gasteiger partial charge in [0.2, 0.25) is 0 Å². The minimum absolute atomic E-state index is 0.126. The highest BCUT2D eigenvalue weighted by molar-refractivity contribution is 7.13. The predicted molar refractivity (Wildman–Crippen MR) is 91.1 cm³/mol. The Balaban J connectivity index is 1.84. The van der Waals surface area contributed by atoms with E-state index in [-0.39, 0.29) is 5.91 Å². The molecule has 4 heteroatoms. The normalized spacial score (nSPS) is 21.9. The third-order valence-corrected chi connectivity index (χ3v) is 5.14. The Bertz CT molecular complexity index is 656. The van der Waals surface area contributed by atoms with Crippen LogP contribution < -0.4 is 0 Å². The zero-order valence-corrected chi connectivity index (χ0v) is 14.2. The van der Waals surface area contributed by atoms with Crippen molar-refractivity contribution in [3.63, 3.8) is 0 Å². The summed E-state index contributed by atoms with van der Waals surface area (Å²) in [5, 5.41) is 2.04. The van der Waals surface area contributed by atoms with Gasteiger partial charge in [-0.05, 0) is 48.8 Å². The molecule has 0 radical (unpaired) electrons. The fraction of sp³-hybridized carbons (Fsp3) is 0.444. The summed E-state index contributed by atoms with van der Waals surface area (Å²) in [5.41, 5.74) is 2.51. The number of amides is 1. The third-order valence-electron chi connectivity index (χ3n) is 4.25. The number of piperidine rings is 1. The quantitative estimate of drug-likeness (QED) is 0.831. The fourth-order valence-electron chi connectivity index (χ4n) is 3.35. The Hall–Kier alpha value is -1.68. The number of pyridine rings is 1. The number of aryl methyl sites for hydroxylation is 1. The molecule has 2 aromatic heterocycles. The van der Waals surface area contributed by atoms with E-state index in [0.717, 1.165) is 34.9 Å². The minimum atomic E-state index is 0.126. The van der Waals surface area contributed by atoms with E-state index in [2.05, 4.69) is 24.9 Å². The van der Waals surface area contributed by atoms with Crippen molar-refractivity contribution in [1.82, 2.24) is 9.88 Å². The van der Waals surface area contributed by atoms with Crippen molar-refractivity contribution < 1.29 is 4.79 Å². The lowest BCUT2D eigenvalue weighted by molar-refractivity contribution is 0.0622. The summed E-state index contributed by atoms with van der Waals surface area (Å²) in [6.07, 6.45) is 1.21. The summed E-state index contributed by atoms with van der Waals surface area (Å²) >= 11 is 1.67. The van der Waals surface area contributed by atoms with E-state index in [1.807, 2.05) is 35.4 Å². The van der Waals surface area contributed by atoms with Gasteiger partial charge in [-0.1, -0.05) is 19.9 Å². The molecule has 1 saturated heterocycles. The zero-order chi connectivity index (χ0) is 15.7. The standard InChI is InChI=1S/C18H22N2OS/c1-12-9-13(2)11-20(10-12)18(21)15-6-7-16(19-14(15)3)17-5-4-8-22-17/h4-8,12-13H,9-11H2,1-3H3/t12-,13+. The van der Waals surface area contributed by atoms with Crippen molar-refractivity contribution in [3.05, 3.63) is 40.9 Å². The van der Waals surface area contributed by atoms with Crippen LogP contribution in [0.4, 0.5) is 0 Å². The molecule has 3 nitrogen and oxygen atoms in total. The van der Waals surface area contributed by atoms with E-state index in [0.29, 0.717) is 11.8 Å². The Labute approximate surface area is 136 Å². The lowest BCUT2D eigenvalue weighted by Gasteiger charge is -2.35. The van der Waals surface area contributed by atoms with Crippen LogP contribution in [-0.4, -0.2) is 28.9 Å². The Morgan fingerprint density at radius 2 is 1.95 bits per heavy atom. The number of nitrogens with zero attached hydrogens (tertiary/aromatic N) is 2. The van der Waals surface area contributed by atoms with Crippen molar-refractivity contribution in [2.45, 2.75) is 27.2 Å². The smallest absolute Gasteiger partial charge is 0.255 e. The van der Waals surface area contributed by atoms with Crippen LogP contribution in [0.15, 0.2) is 29.6 Å². The van der Waals surface area contributed by atoms with Gasteiger partial charge in [0, 0.05) is 13.1 Å². The van der Waals surface area contributed by atoms with Crippen LogP contribution in [0.25, 0.3) is 10.6 Å². The Morgan fingerprint density at radius 1 is 1.23 bits per heavy atom. The van der Waals surface area contributed by atoms with Gasteiger partial charge in [0.05, 0.1) is 21.8 Å². The summed E-state index contributed by atoms with van der Waals surface area (Å²) in [5.74, 6) is 1.28. The molecule has 116 valence electrons. The van der Waals surface area contributed by atoms with Gasteiger partial charge in [-0.2, -0.15) is 0 Å². The van der Waals surface area contributed by atoms with Gasteiger partial charge in [0.1, 0.15) is 0 Å². The van der Waals surface area contributed by atoms with Gasteiger partial charge in [0.15, 0.2) is 0 Å². The summed E-state index contributed by atoms with van der Waals surface area (Å²) in [6.45, 7) is 8.09. The van der Waals surface area contributed by atoms with E-state index in [9.17, 15) is 4.79 Å². The zero-order valence-electron chi connectivity index (χ0n) is 13.4. The van der Waals surface area contributed by atoms with Gasteiger partial charge >= 0.3 is 0 Å². The maximum Gasteiger partial charge on any atom is 0.255 e. The molecule has 0 saturated carbocycles. The molecule has 0 aromatic carbocycles. The van der Waals surface area contributed by atoms with Crippen molar-refractivity contribution in [2.75, 3.05) is 13.1 Å². The highest BCUT2D eigenvalue weighted by Crippen LogP contribution is 2.26. The van der Waals surface area contributed by atoms with Crippen LogP contribution >= 0.6 is 11.3 Å².